The summed E-state index contributed by atoms with van der Waals surface area (Å²) in [6, 6.07) is 9.81. The van der Waals surface area contributed by atoms with E-state index in [4.69, 9.17) is 9.47 Å². The zero-order chi connectivity index (χ0) is 17.3. The first kappa shape index (κ1) is 19.2. The maximum absolute atomic E-state index is 12.5. The number of hydrogen-bond acceptors (Lipinski definition) is 4. The van der Waals surface area contributed by atoms with Crippen molar-refractivity contribution in [1.82, 2.24) is 0 Å². The Morgan fingerprint density at radius 2 is 1.57 bits per heavy atom. The summed E-state index contributed by atoms with van der Waals surface area (Å²) in [5.74, 6) is -0.715. The number of carbonyl (C=O) groups is 2. The van der Waals surface area contributed by atoms with Crippen molar-refractivity contribution in [2.75, 3.05) is 13.2 Å². The van der Waals surface area contributed by atoms with E-state index in [0.717, 1.165) is 5.56 Å². The largest absolute Gasteiger partial charge is 0.465 e. The molecule has 1 aromatic carbocycles. The summed E-state index contributed by atoms with van der Waals surface area (Å²) in [4.78, 5) is 24.9. The predicted molar refractivity (Wildman–Crippen MR) is 89.9 cm³/mol. The average Bonchev–Trinajstić information content (AvgIpc) is 2.55. The average molecular weight is 320 g/mol. The third-order valence-corrected chi connectivity index (χ3v) is 4.00. The zero-order valence-corrected chi connectivity index (χ0v) is 14.6. The fraction of sp³-hybridized carbons (Fsp3) is 0.579. The van der Waals surface area contributed by atoms with Crippen molar-refractivity contribution < 1.29 is 19.1 Å². The molecule has 0 unspecified atom stereocenters. The summed E-state index contributed by atoms with van der Waals surface area (Å²) in [6.07, 6.45) is 1.40. The summed E-state index contributed by atoms with van der Waals surface area (Å²) in [5.41, 5.74) is -0.0905. The maximum atomic E-state index is 12.5. The van der Waals surface area contributed by atoms with Crippen molar-refractivity contribution in [2.24, 2.45) is 11.3 Å². The van der Waals surface area contributed by atoms with Crippen LogP contribution in [0.4, 0.5) is 0 Å². The van der Waals surface area contributed by atoms with Crippen LogP contribution < -0.4 is 0 Å². The fourth-order valence-corrected chi connectivity index (χ4v) is 2.34. The van der Waals surface area contributed by atoms with Crippen LogP contribution in [0.2, 0.25) is 0 Å². The van der Waals surface area contributed by atoms with Crippen LogP contribution in [0.5, 0.6) is 0 Å². The topological polar surface area (TPSA) is 52.6 Å². The number of ether oxygens (including phenoxy) is 2. The summed E-state index contributed by atoms with van der Waals surface area (Å²) in [5, 5.41) is 0. The highest BCUT2D eigenvalue weighted by Crippen LogP contribution is 2.30. The molecule has 128 valence electrons. The minimum absolute atomic E-state index is 0.236. The van der Waals surface area contributed by atoms with Crippen LogP contribution in [0.15, 0.2) is 30.3 Å². The second kappa shape index (κ2) is 9.33. The van der Waals surface area contributed by atoms with E-state index in [-0.39, 0.29) is 12.5 Å². The van der Waals surface area contributed by atoms with Gasteiger partial charge in [0, 0.05) is 6.42 Å². The first-order valence-corrected chi connectivity index (χ1v) is 8.34. The van der Waals surface area contributed by atoms with Gasteiger partial charge in [-0.3, -0.25) is 9.59 Å². The maximum Gasteiger partial charge on any atom is 0.323 e. The van der Waals surface area contributed by atoms with Crippen LogP contribution >= 0.6 is 0 Å². The molecule has 0 aliphatic heterocycles. The van der Waals surface area contributed by atoms with Gasteiger partial charge in [-0.05, 0) is 24.3 Å². The second-order valence-electron chi connectivity index (χ2n) is 6.15. The van der Waals surface area contributed by atoms with E-state index < -0.39 is 17.4 Å². The van der Waals surface area contributed by atoms with Crippen LogP contribution in [0.3, 0.4) is 0 Å². The highest BCUT2D eigenvalue weighted by Gasteiger charge is 2.45. The Morgan fingerprint density at radius 1 is 1.00 bits per heavy atom. The Kier molecular flexibility index (Phi) is 7.79. The van der Waals surface area contributed by atoms with Crippen molar-refractivity contribution in [3.8, 4) is 0 Å². The molecule has 4 nitrogen and oxygen atoms in total. The molecule has 0 saturated heterocycles. The molecule has 1 aromatic rings. The van der Waals surface area contributed by atoms with E-state index in [1.165, 1.54) is 0 Å². The number of carbonyl (C=O) groups excluding carboxylic acids is 2. The quantitative estimate of drug-likeness (QED) is 0.513. The van der Waals surface area contributed by atoms with Gasteiger partial charge in [-0.25, -0.2) is 0 Å². The van der Waals surface area contributed by atoms with Gasteiger partial charge in [0.25, 0.3) is 0 Å². The SMILES string of the molecule is CCC(CC)(C(=O)OCCc1ccccc1)C(=O)OCC(C)C. The van der Waals surface area contributed by atoms with E-state index in [0.29, 0.717) is 25.9 Å². The minimum Gasteiger partial charge on any atom is -0.465 e. The number of esters is 2. The van der Waals surface area contributed by atoms with Gasteiger partial charge in [0.2, 0.25) is 0 Å². The molecule has 0 aromatic heterocycles. The summed E-state index contributed by atoms with van der Waals surface area (Å²) in [6.45, 7) is 8.15. The Morgan fingerprint density at radius 3 is 2.09 bits per heavy atom. The van der Waals surface area contributed by atoms with Crippen molar-refractivity contribution >= 4 is 11.9 Å². The molecule has 0 heterocycles. The molecule has 0 fully saturated rings. The molecule has 0 N–H and O–H groups in total. The van der Waals surface area contributed by atoms with Gasteiger partial charge in [0.05, 0.1) is 13.2 Å². The Bertz CT molecular complexity index is 489. The molecule has 0 aliphatic carbocycles. The highest BCUT2D eigenvalue weighted by atomic mass is 16.6. The van der Waals surface area contributed by atoms with Gasteiger partial charge in [0.1, 0.15) is 0 Å². The lowest BCUT2D eigenvalue weighted by molar-refractivity contribution is -0.174. The van der Waals surface area contributed by atoms with Gasteiger partial charge >= 0.3 is 11.9 Å². The molecule has 23 heavy (non-hydrogen) atoms. The fourth-order valence-electron chi connectivity index (χ4n) is 2.34. The molecule has 0 atom stereocenters. The molecule has 0 aliphatic rings. The Labute approximate surface area is 139 Å². The standard InChI is InChI=1S/C19H28O4/c1-5-19(6-2,18(21)23-14-15(3)4)17(20)22-13-12-16-10-8-7-9-11-16/h7-11,15H,5-6,12-14H2,1-4H3. The first-order chi connectivity index (χ1) is 11.0. The van der Waals surface area contributed by atoms with Gasteiger partial charge in [-0.1, -0.05) is 58.0 Å². The van der Waals surface area contributed by atoms with Gasteiger partial charge < -0.3 is 9.47 Å². The van der Waals surface area contributed by atoms with Crippen LogP contribution in [-0.4, -0.2) is 25.2 Å². The molecule has 0 saturated carbocycles. The van der Waals surface area contributed by atoms with E-state index in [2.05, 4.69) is 0 Å². The third kappa shape index (κ3) is 5.38. The van der Waals surface area contributed by atoms with Crippen LogP contribution in [0, 0.1) is 11.3 Å². The molecule has 0 spiro atoms. The summed E-state index contributed by atoms with van der Waals surface area (Å²) >= 11 is 0. The normalized spacial score (nSPS) is 11.3. The number of rotatable bonds is 9. The number of hydrogen-bond donors (Lipinski definition) is 0. The molecule has 0 radical (unpaired) electrons. The van der Waals surface area contributed by atoms with Crippen LogP contribution in [0.1, 0.15) is 46.1 Å². The van der Waals surface area contributed by atoms with E-state index in [9.17, 15) is 9.59 Å². The summed E-state index contributed by atoms with van der Waals surface area (Å²) < 4.78 is 10.7. The number of benzene rings is 1. The van der Waals surface area contributed by atoms with Gasteiger partial charge in [-0.15, -0.1) is 0 Å². The van der Waals surface area contributed by atoms with Crippen LogP contribution in [-0.2, 0) is 25.5 Å². The first-order valence-electron chi connectivity index (χ1n) is 8.34. The molecular formula is C19H28O4. The molecule has 0 bridgehead atoms. The molecule has 4 heteroatoms. The summed E-state index contributed by atoms with van der Waals surface area (Å²) in [7, 11) is 0. The zero-order valence-electron chi connectivity index (χ0n) is 14.6. The van der Waals surface area contributed by atoms with Crippen LogP contribution in [0.25, 0.3) is 0 Å². The van der Waals surface area contributed by atoms with Crippen molar-refractivity contribution in [2.45, 2.75) is 47.0 Å². The lowest BCUT2D eigenvalue weighted by atomic mass is 9.82. The second-order valence-corrected chi connectivity index (χ2v) is 6.15. The van der Waals surface area contributed by atoms with Crippen molar-refractivity contribution in [1.29, 1.82) is 0 Å². The van der Waals surface area contributed by atoms with E-state index >= 15 is 0 Å². The highest BCUT2D eigenvalue weighted by molar-refractivity contribution is 6.00. The van der Waals surface area contributed by atoms with E-state index in [1.807, 2.05) is 58.0 Å². The molecule has 0 amide bonds. The van der Waals surface area contributed by atoms with Gasteiger partial charge in [-0.2, -0.15) is 0 Å². The monoisotopic (exact) mass is 320 g/mol. The lowest BCUT2D eigenvalue weighted by Gasteiger charge is -2.27. The molecule has 1 rings (SSSR count). The third-order valence-electron chi connectivity index (χ3n) is 4.00. The Balaban J connectivity index is 2.64. The Hall–Kier alpha value is -1.84. The minimum atomic E-state index is -1.19. The van der Waals surface area contributed by atoms with Gasteiger partial charge in [0.15, 0.2) is 5.41 Å². The van der Waals surface area contributed by atoms with Crippen molar-refractivity contribution in [3.63, 3.8) is 0 Å². The predicted octanol–water partition coefficient (Wildman–Crippen LogP) is 3.78. The lowest BCUT2D eigenvalue weighted by Crippen LogP contribution is -2.41. The van der Waals surface area contributed by atoms with E-state index in [1.54, 1.807) is 0 Å². The smallest absolute Gasteiger partial charge is 0.323 e. The molecular weight excluding hydrogens is 292 g/mol. The van der Waals surface area contributed by atoms with Crippen molar-refractivity contribution in [3.05, 3.63) is 35.9 Å².